The molecule has 0 saturated carbocycles. The molecule has 6 rings (SSSR count). The fourth-order valence-corrected chi connectivity index (χ4v) is 7.59. The highest BCUT2D eigenvalue weighted by atomic mass is 32.2. The van der Waals surface area contributed by atoms with Crippen LogP contribution in [0.2, 0.25) is 0 Å². The normalized spacial score (nSPS) is 19.7. The first-order valence-corrected chi connectivity index (χ1v) is 16.1. The molecule has 0 radical (unpaired) electrons. The van der Waals surface area contributed by atoms with Crippen molar-refractivity contribution in [3.63, 3.8) is 0 Å². The molecule has 1 N–H and O–H groups in total. The van der Waals surface area contributed by atoms with Crippen molar-refractivity contribution in [3.8, 4) is 17.1 Å². The minimum Gasteiger partial charge on any atom is -0.480 e. The standard InChI is InChI=1S/C28H39N7O2S2/c1-19-22(18-33-10-6-21(7-11-33)34-8-4-5-9-34)25-26(39-19)24(30-28(31-25)35-12-14-37-15-13-35)20-16-23(32-38-3)27(36-2)29-17-20/h16-17,21,32H,4-15,18H2,1-3H3. The average molecular weight is 570 g/mol. The predicted octanol–water partition coefficient (Wildman–Crippen LogP) is 4.66. The minimum absolute atomic E-state index is 0.576. The number of rotatable bonds is 8. The van der Waals surface area contributed by atoms with E-state index in [4.69, 9.17) is 19.4 Å². The Morgan fingerprint density at radius 1 is 1.10 bits per heavy atom. The maximum Gasteiger partial charge on any atom is 0.237 e. The van der Waals surface area contributed by atoms with Gasteiger partial charge in [-0.05, 0) is 64.9 Å². The van der Waals surface area contributed by atoms with Crippen molar-refractivity contribution in [2.75, 3.05) is 75.5 Å². The molecule has 3 aromatic rings. The van der Waals surface area contributed by atoms with E-state index in [9.17, 15) is 0 Å². The van der Waals surface area contributed by atoms with Crippen LogP contribution in [0.1, 0.15) is 36.1 Å². The van der Waals surface area contributed by atoms with Crippen molar-refractivity contribution in [1.29, 1.82) is 0 Å². The number of ether oxygens (including phenoxy) is 2. The van der Waals surface area contributed by atoms with Crippen molar-refractivity contribution in [2.24, 2.45) is 0 Å². The zero-order valence-corrected chi connectivity index (χ0v) is 24.9. The van der Waals surface area contributed by atoms with Gasteiger partial charge in [0.15, 0.2) is 0 Å². The lowest BCUT2D eigenvalue weighted by molar-refractivity contribution is 0.122. The van der Waals surface area contributed by atoms with Gasteiger partial charge in [0.2, 0.25) is 11.8 Å². The molecule has 0 atom stereocenters. The zero-order chi connectivity index (χ0) is 26.8. The maximum absolute atomic E-state index is 5.63. The van der Waals surface area contributed by atoms with Crippen LogP contribution in [0.25, 0.3) is 21.5 Å². The molecule has 3 fully saturated rings. The van der Waals surface area contributed by atoms with Crippen LogP contribution in [0.4, 0.5) is 11.6 Å². The van der Waals surface area contributed by atoms with Crippen LogP contribution in [0.15, 0.2) is 12.3 Å². The molecule has 0 spiro atoms. The lowest BCUT2D eigenvalue weighted by Gasteiger charge is -2.36. The van der Waals surface area contributed by atoms with Crippen molar-refractivity contribution < 1.29 is 9.47 Å². The molecule has 0 aromatic carbocycles. The molecule has 39 heavy (non-hydrogen) atoms. The number of hydrogen-bond donors (Lipinski definition) is 1. The smallest absolute Gasteiger partial charge is 0.237 e. The number of nitrogens with one attached hydrogen (secondary N) is 1. The summed E-state index contributed by atoms with van der Waals surface area (Å²) in [4.78, 5) is 23.9. The third-order valence-electron chi connectivity index (χ3n) is 8.24. The summed E-state index contributed by atoms with van der Waals surface area (Å²) in [6, 6.07) is 2.85. The SMILES string of the molecule is COc1ncc(-c2nc(N3CCOCC3)nc3c(CN4CCC(N5CCCC5)CC4)c(C)sc23)cc1NSC. The predicted molar refractivity (Wildman–Crippen MR) is 161 cm³/mol. The number of anilines is 2. The number of pyridine rings is 1. The Morgan fingerprint density at radius 2 is 1.87 bits per heavy atom. The first kappa shape index (κ1) is 27.0. The van der Waals surface area contributed by atoms with Gasteiger partial charge in [-0.2, -0.15) is 0 Å². The number of morpholine rings is 1. The van der Waals surface area contributed by atoms with Gasteiger partial charge in [0.1, 0.15) is 5.69 Å². The fraction of sp³-hybridized carbons (Fsp3) is 0.607. The largest absolute Gasteiger partial charge is 0.480 e. The number of aromatic nitrogens is 3. The number of methoxy groups -OCH3 is 1. The fourth-order valence-electron chi connectivity index (χ4n) is 6.11. The van der Waals surface area contributed by atoms with Gasteiger partial charge in [0.25, 0.3) is 0 Å². The second-order valence-electron chi connectivity index (χ2n) is 10.6. The topological polar surface area (TPSA) is 78.9 Å². The molecule has 0 unspecified atom stereocenters. The van der Waals surface area contributed by atoms with Crippen LogP contribution in [-0.4, -0.2) is 96.6 Å². The van der Waals surface area contributed by atoms with Crippen molar-refractivity contribution in [2.45, 2.75) is 45.2 Å². The molecule has 0 amide bonds. The second kappa shape index (κ2) is 12.1. The Hall–Kier alpha value is -2.18. The van der Waals surface area contributed by atoms with E-state index >= 15 is 0 Å². The number of hydrogen-bond acceptors (Lipinski definition) is 11. The second-order valence-corrected chi connectivity index (χ2v) is 12.5. The lowest BCUT2D eigenvalue weighted by Crippen LogP contribution is -2.43. The lowest BCUT2D eigenvalue weighted by atomic mass is 10.0. The summed E-state index contributed by atoms with van der Waals surface area (Å²) in [5, 5.41) is 0. The van der Waals surface area contributed by atoms with Gasteiger partial charge in [-0.15, -0.1) is 11.3 Å². The van der Waals surface area contributed by atoms with E-state index in [-0.39, 0.29) is 0 Å². The summed E-state index contributed by atoms with van der Waals surface area (Å²) >= 11 is 3.33. The molecule has 3 aromatic heterocycles. The van der Waals surface area contributed by atoms with Crippen molar-refractivity contribution >= 4 is 45.1 Å². The van der Waals surface area contributed by atoms with E-state index in [2.05, 4.69) is 37.4 Å². The van der Waals surface area contributed by atoms with Crippen LogP contribution in [0, 0.1) is 6.92 Å². The molecule has 0 bridgehead atoms. The molecule has 9 nitrogen and oxygen atoms in total. The monoisotopic (exact) mass is 569 g/mol. The van der Waals surface area contributed by atoms with E-state index in [0.29, 0.717) is 19.1 Å². The van der Waals surface area contributed by atoms with Gasteiger partial charge in [0.05, 0.1) is 36.2 Å². The van der Waals surface area contributed by atoms with Gasteiger partial charge in [-0.25, -0.2) is 15.0 Å². The van der Waals surface area contributed by atoms with Gasteiger partial charge >= 0.3 is 0 Å². The van der Waals surface area contributed by atoms with Crippen LogP contribution >= 0.6 is 23.3 Å². The molecule has 3 aliphatic rings. The maximum atomic E-state index is 5.63. The van der Waals surface area contributed by atoms with Crippen LogP contribution < -0.4 is 14.4 Å². The number of nitrogens with zero attached hydrogens (tertiary/aromatic N) is 6. The number of piperidine rings is 1. The molecule has 0 aliphatic carbocycles. The third-order valence-corrected chi connectivity index (χ3v) is 9.81. The highest BCUT2D eigenvalue weighted by Gasteiger charge is 2.28. The van der Waals surface area contributed by atoms with Crippen molar-refractivity contribution in [1.82, 2.24) is 24.8 Å². The molecule has 3 saturated heterocycles. The van der Waals surface area contributed by atoms with Crippen molar-refractivity contribution in [3.05, 3.63) is 22.7 Å². The molecule has 210 valence electrons. The summed E-state index contributed by atoms with van der Waals surface area (Å²) in [6.45, 7) is 11.1. The molecular formula is C28H39N7O2S2. The van der Waals surface area contributed by atoms with Gasteiger partial charge < -0.3 is 24.0 Å². The number of likely N-dealkylation sites (tertiary alicyclic amines) is 2. The minimum atomic E-state index is 0.576. The van der Waals surface area contributed by atoms with Gasteiger partial charge in [-0.1, -0.05) is 11.9 Å². The number of aryl methyl sites for hydroxylation is 1. The summed E-state index contributed by atoms with van der Waals surface area (Å²) < 4.78 is 15.6. The highest BCUT2D eigenvalue weighted by molar-refractivity contribution is 7.99. The first-order valence-electron chi connectivity index (χ1n) is 14.1. The molecule has 6 heterocycles. The Labute approximate surface area is 239 Å². The highest BCUT2D eigenvalue weighted by Crippen LogP contribution is 2.40. The van der Waals surface area contributed by atoms with E-state index < -0.39 is 0 Å². The van der Waals surface area contributed by atoms with E-state index in [1.807, 2.05) is 12.5 Å². The number of fused-ring (bicyclic) bond motifs is 1. The quantitative estimate of drug-likeness (QED) is 0.387. The summed E-state index contributed by atoms with van der Waals surface area (Å²) in [5.41, 5.74) is 5.18. The Kier molecular flexibility index (Phi) is 8.41. The van der Waals surface area contributed by atoms with E-state index in [1.54, 1.807) is 18.4 Å². The molecule has 11 heteroatoms. The summed E-state index contributed by atoms with van der Waals surface area (Å²) in [5.74, 6) is 1.36. The van der Waals surface area contributed by atoms with Crippen LogP contribution in [0.3, 0.4) is 0 Å². The summed E-state index contributed by atoms with van der Waals surface area (Å²) in [7, 11) is 1.65. The van der Waals surface area contributed by atoms with E-state index in [0.717, 1.165) is 71.9 Å². The Balaban J connectivity index is 1.35. The first-order chi connectivity index (χ1) is 19.1. The summed E-state index contributed by atoms with van der Waals surface area (Å²) in [6.07, 6.45) is 9.13. The third kappa shape index (κ3) is 5.69. The number of thiophene rings is 1. The Morgan fingerprint density at radius 3 is 2.59 bits per heavy atom. The molecule has 3 aliphatic heterocycles. The average Bonchev–Trinajstić information content (AvgIpc) is 3.62. The Bertz CT molecular complexity index is 1280. The zero-order valence-electron chi connectivity index (χ0n) is 23.2. The van der Waals surface area contributed by atoms with Gasteiger partial charge in [-0.3, -0.25) is 4.90 Å². The molecular weight excluding hydrogens is 530 g/mol. The van der Waals surface area contributed by atoms with Crippen LogP contribution in [-0.2, 0) is 11.3 Å². The van der Waals surface area contributed by atoms with Crippen LogP contribution in [0.5, 0.6) is 5.88 Å². The van der Waals surface area contributed by atoms with Gasteiger partial charge in [0, 0.05) is 54.1 Å². The van der Waals surface area contributed by atoms with E-state index in [1.165, 1.54) is 61.2 Å².